The monoisotopic (exact) mass is 612 g/mol. The van der Waals surface area contributed by atoms with Gasteiger partial charge in [-0.05, 0) is 55.3 Å². The van der Waals surface area contributed by atoms with Crippen LogP contribution in [0.4, 0.5) is 17.1 Å². The molecule has 0 spiro atoms. The zero-order valence-electron chi connectivity index (χ0n) is 24.2. The van der Waals surface area contributed by atoms with Gasteiger partial charge in [0.2, 0.25) is 11.0 Å². The quantitative estimate of drug-likeness (QED) is 0.164. The molecule has 4 aromatic carbocycles. The molecule has 10 heteroatoms. The van der Waals surface area contributed by atoms with E-state index in [-0.39, 0.29) is 40.0 Å². The number of benzene rings is 5. The molecule has 0 bridgehead atoms. The van der Waals surface area contributed by atoms with Gasteiger partial charge in [0.05, 0.1) is 16.9 Å². The third kappa shape index (κ3) is 6.19. The summed E-state index contributed by atoms with van der Waals surface area (Å²) >= 11 is 0. The van der Waals surface area contributed by atoms with E-state index in [1.807, 2.05) is 55.5 Å². The van der Waals surface area contributed by atoms with Crippen LogP contribution in [0.2, 0.25) is 0 Å². The Balaban J connectivity index is 0.00000384. The van der Waals surface area contributed by atoms with Gasteiger partial charge in [-0.2, -0.15) is 0 Å². The molecule has 0 atom stereocenters. The Bertz CT molecular complexity index is 2210. The van der Waals surface area contributed by atoms with Gasteiger partial charge in [-0.15, -0.1) is 0 Å². The minimum Gasteiger partial charge on any atom is -0.744 e. The van der Waals surface area contributed by atoms with Gasteiger partial charge in [-0.1, -0.05) is 48.5 Å². The van der Waals surface area contributed by atoms with Crippen molar-refractivity contribution in [3.05, 3.63) is 125 Å². The van der Waals surface area contributed by atoms with Gasteiger partial charge >= 0.3 is 29.6 Å². The second kappa shape index (κ2) is 12.4. The molecule has 1 aliphatic carbocycles. The topological polar surface area (TPSA) is 136 Å². The van der Waals surface area contributed by atoms with Crippen molar-refractivity contribution in [2.75, 3.05) is 5.32 Å². The molecule has 0 amide bonds. The summed E-state index contributed by atoms with van der Waals surface area (Å²) in [4.78, 5) is 15.0. The Morgan fingerprint density at radius 3 is 2.32 bits per heavy atom. The van der Waals surface area contributed by atoms with Crippen LogP contribution in [0, 0.1) is 13.8 Å². The SMILES string of the molecule is Cc1ccccc1Nc1ccc2c(-c3ccccc3C(=O)[O-])c3ccc(=[NH+]c4cc(S(=O)(=O)[O-])ccc4C)cc-3oc2c1.[Na+]. The van der Waals surface area contributed by atoms with Gasteiger partial charge in [-0.25, -0.2) is 13.4 Å². The molecule has 0 radical (unpaired) electrons. The average Bonchev–Trinajstić information content (AvgIpc) is 2.97. The molecular weight excluding hydrogens is 587 g/mol. The van der Waals surface area contributed by atoms with Crippen molar-refractivity contribution >= 4 is 44.1 Å². The molecule has 8 nitrogen and oxygen atoms in total. The van der Waals surface area contributed by atoms with Crippen LogP contribution in [0.1, 0.15) is 21.5 Å². The summed E-state index contributed by atoms with van der Waals surface area (Å²) in [5.74, 6) is -0.837. The summed E-state index contributed by atoms with van der Waals surface area (Å²) in [6, 6.07) is 29.7. The first-order valence-corrected chi connectivity index (χ1v) is 14.8. The smallest absolute Gasteiger partial charge is 0.744 e. The molecule has 44 heavy (non-hydrogen) atoms. The number of carbonyl (C=O) groups excluding carboxylic acids is 1. The van der Waals surface area contributed by atoms with Crippen LogP contribution in [0.3, 0.4) is 0 Å². The van der Waals surface area contributed by atoms with Crippen LogP contribution in [0.25, 0.3) is 33.4 Å². The number of hydrogen-bond donors (Lipinski definition) is 2. The summed E-state index contributed by atoms with van der Waals surface area (Å²) in [6.45, 7) is 3.80. The predicted molar refractivity (Wildman–Crippen MR) is 160 cm³/mol. The number of anilines is 2. The van der Waals surface area contributed by atoms with Crippen LogP contribution in [0.15, 0.2) is 112 Å². The number of aryl methyl sites for hydroxylation is 2. The molecule has 2 aliphatic rings. The van der Waals surface area contributed by atoms with Crippen molar-refractivity contribution in [1.82, 2.24) is 0 Å². The van der Waals surface area contributed by atoms with Crippen molar-refractivity contribution in [3.8, 4) is 22.5 Å². The number of carboxylic acid groups (broad SMARTS) is 1. The minimum absolute atomic E-state index is 0. The Morgan fingerprint density at radius 2 is 1.57 bits per heavy atom. The van der Waals surface area contributed by atoms with Gasteiger partial charge in [-0.3, -0.25) is 0 Å². The van der Waals surface area contributed by atoms with E-state index in [9.17, 15) is 22.9 Å². The fourth-order valence-corrected chi connectivity index (χ4v) is 5.63. The minimum atomic E-state index is -4.64. The number of fused-ring (bicyclic) bond motifs is 2. The van der Waals surface area contributed by atoms with Crippen LogP contribution in [-0.4, -0.2) is 18.9 Å². The largest absolute Gasteiger partial charge is 1.00 e. The van der Waals surface area contributed by atoms with Crippen molar-refractivity contribution in [3.63, 3.8) is 0 Å². The van der Waals surface area contributed by atoms with E-state index >= 15 is 0 Å². The van der Waals surface area contributed by atoms with Crippen LogP contribution in [-0.2, 0) is 10.1 Å². The van der Waals surface area contributed by atoms with Crippen molar-refractivity contribution in [1.29, 1.82) is 0 Å². The number of aromatic carboxylic acids is 1. The zero-order valence-corrected chi connectivity index (χ0v) is 27.0. The Morgan fingerprint density at radius 1 is 0.818 bits per heavy atom. The first-order chi connectivity index (χ1) is 20.6. The van der Waals surface area contributed by atoms with E-state index in [0.29, 0.717) is 44.5 Å². The number of para-hydroxylation sites is 1. The van der Waals surface area contributed by atoms with Crippen LogP contribution >= 0.6 is 0 Å². The number of hydrogen-bond acceptors (Lipinski definition) is 7. The number of carbonyl (C=O) groups is 1. The van der Waals surface area contributed by atoms with E-state index in [0.717, 1.165) is 22.5 Å². The van der Waals surface area contributed by atoms with Gasteiger partial charge < -0.3 is 24.2 Å². The molecule has 0 aromatic heterocycles. The normalized spacial score (nSPS) is 11.8. The molecule has 0 saturated heterocycles. The van der Waals surface area contributed by atoms with Crippen molar-refractivity contribution < 1.29 is 61.8 Å². The van der Waals surface area contributed by atoms with Gasteiger partial charge in [0.15, 0.2) is 0 Å². The molecule has 0 saturated carbocycles. The van der Waals surface area contributed by atoms with Crippen LogP contribution in [0.5, 0.6) is 0 Å². The van der Waals surface area contributed by atoms with E-state index in [2.05, 4.69) is 10.3 Å². The second-order valence-corrected chi connectivity index (χ2v) is 11.6. The Hall–Kier alpha value is -4.25. The maximum absolute atomic E-state index is 12.1. The molecule has 1 aliphatic heterocycles. The zero-order chi connectivity index (χ0) is 30.3. The summed E-state index contributed by atoms with van der Waals surface area (Å²) in [7, 11) is -4.64. The number of nitrogens with one attached hydrogen (secondary N) is 2. The van der Waals surface area contributed by atoms with E-state index in [1.54, 1.807) is 43.3 Å². The van der Waals surface area contributed by atoms with Crippen LogP contribution < -0.4 is 50.3 Å². The summed E-state index contributed by atoms with van der Waals surface area (Å²) in [6.07, 6.45) is 0. The van der Waals surface area contributed by atoms with E-state index in [4.69, 9.17) is 4.42 Å². The van der Waals surface area contributed by atoms with E-state index < -0.39 is 16.1 Å². The first kappa shape index (κ1) is 31.2. The Kier molecular flexibility index (Phi) is 8.78. The first-order valence-electron chi connectivity index (χ1n) is 13.4. The molecule has 1 heterocycles. The number of carboxylic acids is 1. The van der Waals surface area contributed by atoms with Gasteiger partial charge in [0, 0.05) is 57.2 Å². The number of rotatable bonds is 6. The average molecular weight is 613 g/mol. The maximum Gasteiger partial charge on any atom is 1.00 e. The summed E-state index contributed by atoms with van der Waals surface area (Å²) in [5.41, 5.74) is 6.36. The fourth-order valence-electron chi connectivity index (χ4n) is 5.13. The second-order valence-electron chi connectivity index (χ2n) is 10.2. The summed E-state index contributed by atoms with van der Waals surface area (Å²) < 4.78 is 41.2. The Labute approximate surface area is 276 Å². The molecule has 0 unspecified atom stereocenters. The van der Waals surface area contributed by atoms with Gasteiger partial charge in [0.1, 0.15) is 21.5 Å². The van der Waals surface area contributed by atoms with E-state index in [1.165, 1.54) is 18.2 Å². The van der Waals surface area contributed by atoms with Crippen molar-refractivity contribution in [2.24, 2.45) is 0 Å². The predicted octanol–water partition coefficient (Wildman–Crippen LogP) is 1.15. The van der Waals surface area contributed by atoms with Crippen molar-refractivity contribution in [2.45, 2.75) is 18.7 Å². The fraction of sp³-hybridized carbons (Fsp3) is 0.0588. The summed E-state index contributed by atoms with van der Waals surface area (Å²) in [5, 5.41) is 16.8. The van der Waals surface area contributed by atoms with Gasteiger partial charge in [0.25, 0.3) is 0 Å². The molecule has 0 fully saturated rings. The molecule has 6 rings (SSSR count). The molecular formula is C34H25N2NaO6S. The standard InChI is InChI=1S/C34H26N2O6S.Na/c1-20-7-3-6-10-29(20)35-22-12-15-27-31(17-22)42-32-18-23(36-30-19-24(43(39,40)41)14-11-21(30)2)13-16-28(32)33(27)25-8-4-5-9-26(25)34(37)38;/h3-19,35H,1-2H3,(H,37,38)(H,39,40,41);/q;+1/p-1. The molecule has 4 aromatic rings. The third-order valence-corrected chi connectivity index (χ3v) is 8.17. The maximum atomic E-state index is 12.1. The molecule has 214 valence electrons. The third-order valence-electron chi connectivity index (χ3n) is 7.34. The molecule has 2 N–H and O–H groups in total.